The van der Waals surface area contributed by atoms with E-state index >= 15 is 0 Å². The van der Waals surface area contributed by atoms with Gasteiger partial charge in [-0.3, -0.25) is 0 Å². The fourth-order valence-electron chi connectivity index (χ4n) is 0.342. The van der Waals surface area contributed by atoms with Crippen LogP contribution in [0.2, 0.25) is 0 Å². The van der Waals surface area contributed by atoms with Crippen LogP contribution in [0.5, 0.6) is 0 Å². The maximum absolute atomic E-state index is 3.45. The fourth-order valence-corrected chi connectivity index (χ4v) is 3.48. The van der Waals surface area contributed by atoms with E-state index in [-0.39, 0.29) is 22.8 Å². The minimum atomic E-state index is -0.317. The first-order chi connectivity index (χ1) is 3.39. The summed E-state index contributed by atoms with van der Waals surface area (Å²) in [7, 11) is 0. The van der Waals surface area contributed by atoms with Crippen molar-refractivity contribution in [2.75, 3.05) is 0 Å². The van der Waals surface area contributed by atoms with Gasteiger partial charge in [0.2, 0.25) is 0 Å². The van der Waals surface area contributed by atoms with Crippen molar-refractivity contribution in [3.05, 3.63) is 22.0 Å². The molecule has 0 aromatic heterocycles. The molecule has 0 atom stereocenters. The van der Waals surface area contributed by atoms with Gasteiger partial charge >= 0.3 is 62.8 Å². The second-order valence-corrected chi connectivity index (χ2v) is 8.55. The van der Waals surface area contributed by atoms with Gasteiger partial charge in [0.05, 0.1) is 0 Å². The van der Waals surface area contributed by atoms with E-state index in [0.717, 1.165) is 0 Å². The average Bonchev–Trinajstić information content (AvgIpc) is 1.69. The van der Waals surface area contributed by atoms with Crippen molar-refractivity contribution < 1.29 is 0 Å². The standard InChI is InChI=1S/C5H4Br.Bi/c1-2-3-4-5-6;/h1-4H;. The molecule has 0 amide bonds. The van der Waals surface area contributed by atoms with Crippen molar-refractivity contribution >= 4 is 40.8 Å². The minimum absolute atomic E-state index is 0.317. The first-order valence-electron chi connectivity index (χ1n) is 1.96. The van der Waals surface area contributed by atoms with Crippen LogP contribution in [0, 0.1) is 0 Å². The van der Waals surface area contributed by atoms with Crippen LogP contribution < -0.4 is 0 Å². The molecule has 0 saturated carbocycles. The Labute approximate surface area is 62.5 Å². The molecule has 0 radical (unpaired) electrons. The Bertz CT molecular complexity index is 144. The molecule has 0 aromatic carbocycles. The average molecular weight is 353 g/mol. The predicted octanol–water partition coefficient (Wildman–Crippen LogP) is 1.30. The van der Waals surface area contributed by atoms with Crippen LogP contribution >= 0.6 is 15.9 Å². The first-order valence-corrected chi connectivity index (χ1v) is 6.50. The molecule has 0 unspecified atom stereocenters. The Morgan fingerprint density at radius 2 is 2.29 bits per heavy atom. The van der Waals surface area contributed by atoms with Crippen molar-refractivity contribution in [2.45, 2.75) is 0 Å². The molecular weight excluding hydrogens is 349 g/mol. The van der Waals surface area contributed by atoms with Crippen LogP contribution in [0.4, 0.5) is 0 Å². The zero-order valence-electron chi connectivity index (χ0n) is 3.63. The van der Waals surface area contributed by atoms with Gasteiger partial charge in [0.1, 0.15) is 0 Å². The van der Waals surface area contributed by atoms with Gasteiger partial charge in [-0.2, -0.15) is 0 Å². The molecule has 36 valence electrons. The maximum atomic E-state index is 3.45. The van der Waals surface area contributed by atoms with Gasteiger partial charge in [-0.1, -0.05) is 0 Å². The van der Waals surface area contributed by atoms with Crippen molar-refractivity contribution in [2.24, 2.45) is 0 Å². The predicted molar refractivity (Wildman–Crippen MR) is 38.0 cm³/mol. The zero-order chi connectivity index (χ0) is 5.11. The van der Waals surface area contributed by atoms with E-state index in [1.807, 2.05) is 0 Å². The molecule has 0 saturated heterocycles. The molecular formula is C5H4BiBr. The molecule has 0 spiro atoms. The van der Waals surface area contributed by atoms with E-state index in [4.69, 9.17) is 0 Å². The van der Waals surface area contributed by atoms with E-state index < -0.39 is 0 Å². The molecule has 1 rings (SSSR count). The van der Waals surface area contributed by atoms with Crippen molar-refractivity contribution in [3.8, 4) is 0 Å². The quantitative estimate of drug-likeness (QED) is 0.576. The van der Waals surface area contributed by atoms with Crippen molar-refractivity contribution in [1.29, 1.82) is 0 Å². The van der Waals surface area contributed by atoms with Crippen LogP contribution in [0.3, 0.4) is 0 Å². The third-order valence-electron chi connectivity index (χ3n) is 0.629. The summed E-state index contributed by atoms with van der Waals surface area (Å²) < 4.78 is 3.74. The molecule has 0 N–H and O–H groups in total. The van der Waals surface area contributed by atoms with E-state index in [2.05, 4.69) is 37.9 Å². The van der Waals surface area contributed by atoms with Crippen molar-refractivity contribution in [1.82, 2.24) is 0 Å². The number of allylic oxidation sites excluding steroid dienone is 3. The van der Waals surface area contributed by atoms with Gasteiger partial charge in [0.25, 0.3) is 0 Å². The van der Waals surface area contributed by atoms with Crippen molar-refractivity contribution in [3.63, 3.8) is 0 Å². The van der Waals surface area contributed by atoms with E-state index in [0.29, 0.717) is 0 Å². The molecule has 0 bridgehead atoms. The Morgan fingerprint density at radius 3 is 2.57 bits per heavy atom. The summed E-state index contributed by atoms with van der Waals surface area (Å²) >= 11 is 3.13. The summed E-state index contributed by atoms with van der Waals surface area (Å²) in [6.45, 7) is 0. The van der Waals surface area contributed by atoms with Gasteiger partial charge < -0.3 is 0 Å². The molecule has 0 aliphatic carbocycles. The van der Waals surface area contributed by atoms with Crippen LogP contribution in [-0.4, -0.2) is 24.9 Å². The summed E-state index contributed by atoms with van der Waals surface area (Å²) in [6.07, 6.45) is 6.33. The van der Waals surface area contributed by atoms with E-state index in [1.54, 1.807) is 0 Å². The van der Waals surface area contributed by atoms with Crippen LogP contribution in [0.15, 0.2) is 22.0 Å². The summed E-state index contributed by atoms with van der Waals surface area (Å²) in [4.78, 5) is 0. The second kappa shape index (κ2) is 2.89. The van der Waals surface area contributed by atoms with E-state index in [1.165, 1.54) is 2.12 Å². The molecule has 0 fully saturated rings. The second-order valence-electron chi connectivity index (χ2n) is 1.15. The molecule has 0 aromatic rings. The molecule has 1 aliphatic heterocycles. The van der Waals surface area contributed by atoms with E-state index in [9.17, 15) is 0 Å². The molecule has 1 heterocycles. The molecule has 7 heavy (non-hydrogen) atoms. The third kappa shape index (κ3) is 1.96. The Morgan fingerprint density at radius 1 is 1.43 bits per heavy atom. The van der Waals surface area contributed by atoms with Gasteiger partial charge in [-0.05, 0) is 0 Å². The van der Waals surface area contributed by atoms with Crippen LogP contribution in [0.25, 0.3) is 0 Å². The number of rotatable bonds is 0. The molecule has 0 nitrogen and oxygen atoms in total. The summed E-state index contributed by atoms with van der Waals surface area (Å²) in [5.41, 5.74) is 0. The molecule has 2 heteroatoms. The van der Waals surface area contributed by atoms with Gasteiger partial charge in [0, 0.05) is 0 Å². The van der Waals surface area contributed by atoms with Gasteiger partial charge in [0.15, 0.2) is 0 Å². The SMILES string of the molecule is Br[C]1=[Bi][CH]=CC=C1. The normalized spacial score (nSPS) is 17.0. The topological polar surface area (TPSA) is 0 Å². The van der Waals surface area contributed by atoms with Crippen LogP contribution in [-0.2, 0) is 0 Å². The molecule has 1 aliphatic rings. The Kier molecular flexibility index (Phi) is 2.41. The third-order valence-corrected chi connectivity index (χ3v) is 5.48. The van der Waals surface area contributed by atoms with Gasteiger partial charge in [-0.15, -0.1) is 0 Å². The fraction of sp³-hybridized carbons (Fsp3) is 0. The zero-order valence-corrected chi connectivity index (χ0v) is 8.70. The van der Waals surface area contributed by atoms with Gasteiger partial charge in [-0.25, -0.2) is 0 Å². The monoisotopic (exact) mass is 352 g/mol. The number of halogens is 1. The Balaban J connectivity index is 2.82. The Hall–Kier alpha value is 0.713. The summed E-state index contributed by atoms with van der Waals surface area (Å²) in [5.74, 6) is 0. The number of hydrogen-bond acceptors (Lipinski definition) is 0. The number of hydrogen-bond donors (Lipinski definition) is 0. The first kappa shape index (κ1) is 5.84. The van der Waals surface area contributed by atoms with Crippen LogP contribution in [0.1, 0.15) is 0 Å². The summed E-state index contributed by atoms with van der Waals surface area (Å²) in [5, 5.41) is 0. The summed E-state index contributed by atoms with van der Waals surface area (Å²) in [6, 6.07) is 0.